The molecule has 18 heavy (non-hydrogen) atoms. The second-order valence-electron chi connectivity index (χ2n) is 3.94. The molecule has 0 saturated heterocycles. The predicted octanol–water partition coefficient (Wildman–Crippen LogP) is 3.17. The van der Waals surface area contributed by atoms with Crippen molar-refractivity contribution in [1.82, 2.24) is 0 Å². The minimum Gasteiger partial charge on any atom is -0.463 e. The van der Waals surface area contributed by atoms with Gasteiger partial charge in [0.2, 0.25) is 0 Å². The third-order valence-electron chi connectivity index (χ3n) is 2.49. The Labute approximate surface area is 109 Å². The van der Waals surface area contributed by atoms with Gasteiger partial charge >= 0.3 is 5.97 Å². The molecule has 0 aliphatic heterocycles. The van der Waals surface area contributed by atoms with E-state index in [0.29, 0.717) is 13.2 Å². The van der Waals surface area contributed by atoms with E-state index in [1.807, 2.05) is 12.1 Å². The molecule has 0 aliphatic rings. The second-order valence-corrected chi connectivity index (χ2v) is 3.94. The van der Waals surface area contributed by atoms with Crippen molar-refractivity contribution in [2.45, 2.75) is 26.7 Å². The van der Waals surface area contributed by atoms with Crippen LogP contribution in [0.15, 0.2) is 36.4 Å². The van der Waals surface area contributed by atoms with Gasteiger partial charge < -0.3 is 10.1 Å². The Kier molecular flexibility index (Phi) is 6.62. The highest BCUT2D eigenvalue weighted by atomic mass is 16.5. The number of esters is 1. The van der Waals surface area contributed by atoms with Crippen molar-refractivity contribution in [3.63, 3.8) is 0 Å². The zero-order chi connectivity index (χ0) is 13.2. The molecule has 0 fully saturated rings. The van der Waals surface area contributed by atoms with Crippen molar-refractivity contribution in [3.05, 3.63) is 42.0 Å². The Hall–Kier alpha value is -1.77. The fraction of sp³-hybridized carbons (Fsp3) is 0.400. The van der Waals surface area contributed by atoms with Crippen molar-refractivity contribution in [2.24, 2.45) is 0 Å². The fourth-order valence-corrected chi connectivity index (χ4v) is 1.69. The van der Waals surface area contributed by atoms with Gasteiger partial charge in [-0.2, -0.15) is 0 Å². The van der Waals surface area contributed by atoms with Gasteiger partial charge in [0.1, 0.15) is 0 Å². The number of rotatable bonds is 7. The lowest BCUT2D eigenvalue weighted by Gasteiger charge is -2.09. The van der Waals surface area contributed by atoms with E-state index in [9.17, 15) is 4.79 Å². The van der Waals surface area contributed by atoms with Crippen molar-refractivity contribution >= 4 is 11.7 Å². The average molecular weight is 247 g/mol. The van der Waals surface area contributed by atoms with Crippen molar-refractivity contribution in [1.29, 1.82) is 0 Å². The number of hydrogen-bond acceptors (Lipinski definition) is 3. The first-order valence-corrected chi connectivity index (χ1v) is 6.43. The molecule has 1 aromatic carbocycles. The molecule has 1 N–H and O–H groups in total. The monoisotopic (exact) mass is 247 g/mol. The first kappa shape index (κ1) is 14.3. The van der Waals surface area contributed by atoms with E-state index >= 15 is 0 Å². The maximum absolute atomic E-state index is 11.1. The molecule has 0 spiro atoms. The molecule has 0 aromatic heterocycles. The molecule has 0 heterocycles. The maximum atomic E-state index is 11.1. The number of carbonyl (C=O) groups excluding carboxylic acids is 1. The zero-order valence-corrected chi connectivity index (χ0v) is 11.1. The first-order valence-electron chi connectivity index (χ1n) is 6.43. The summed E-state index contributed by atoms with van der Waals surface area (Å²) in [5.74, 6) is -0.291. The summed E-state index contributed by atoms with van der Waals surface area (Å²) < 4.78 is 4.80. The van der Waals surface area contributed by atoms with Gasteiger partial charge in [0.25, 0.3) is 0 Å². The number of ether oxygens (including phenoxy) is 1. The van der Waals surface area contributed by atoms with Gasteiger partial charge in [-0.3, -0.25) is 0 Å². The number of benzene rings is 1. The van der Waals surface area contributed by atoms with E-state index in [0.717, 1.165) is 18.5 Å². The van der Waals surface area contributed by atoms with Crippen LogP contribution in [0, 0.1) is 0 Å². The summed E-state index contributed by atoms with van der Waals surface area (Å²) >= 11 is 0. The molecule has 98 valence electrons. The van der Waals surface area contributed by atoms with Crippen LogP contribution in [0.1, 0.15) is 25.8 Å². The highest BCUT2D eigenvalue weighted by molar-refractivity contribution is 5.81. The van der Waals surface area contributed by atoms with Crippen LogP contribution < -0.4 is 5.32 Å². The lowest BCUT2D eigenvalue weighted by Crippen LogP contribution is -2.04. The second kappa shape index (κ2) is 8.34. The predicted molar refractivity (Wildman–Crippen MR) is 74.7 cm³/mol. The standard InChI is InChI=1S/C15H21NO2/c1-3-8-13-9-5-6-10-14(13)16-12-7-11-15(17)18-4-2/h5-7,9-11,16H,3-4,8,12H2,1-2H3/b11-7+. The van der Waals surface area contributed by atoms with E-state index in [4.69, 9.17) is 4.74 Å². The van der Waals surface area contributed by atoms with Crippen LogP contribution >= 0.6 is 0 Å². The third kappa shape index (κ3) is 5.04. The topological polar surface area (TPSA) is 38.3 Å². The largest absolute Gasteiger partial charge is 0.463 e. The average Bonchev–Trinajstić information content (AvgIpc) is 2.37. The summed E-state index contributed by atoms with van der Waals surface area (Å²) in [5.41, 5.74) is 2.44. The third-order valence-corrected chi connectivity index (χ3v) is 2.49. The lowest BCUT2D eigenvalue weighted by atomic mass is 10.1. The zero-order valence-electron chi connectivity index (χ0n) is 11.1. The van der Waals surface area contributed by atoms with Crippen molar-refractivity contribution < 1.29 is 9.53 Å². The van der Waals surface area contributed by atoms with Crippen molar-refractivity contribution in [3.8, 4) is 0 Å². The van der Waals surface area contributed by atoms with Crippen LogP contribution in [0.4, 0.5) is 5.69 Å². The molecule has 0 bridgehead atoms. The SMILES string of the molecule is CCCc1ccccc1NC/C=C/C(=O)OCC. The van der Waals surface area contributed by atoms with Crippen LogP contribution in [0.3, 0.4) is 0 Å². The maximum Gasteiger partial charge on any atom is 0.330 e. The normalized spacial score (nSPS) is 10.6. The molecule has 0 saturated carbocycles. The van der Waals surface area contributed by atoms with E-state index < -0.39 is 0 Å². The minimum atomic E-state index is -0.291. The molecule has 0 atom stereocenters. The Bertz CT molecular complexity index is 399. The Morgan fingerprint density at radius 3 is 2.83 bits per heavy atom. The molecule has 0 unspecified atom stereocenters. The summed E-state index contributed by atoms with van der Waals surface area (Å²) in [5, 5.41) is 3.30. The highest BCUT2D eigenvalue weighted by Gasteiger charge is 1.98. The fourth-order valence-electron chi connectivity index (χ4n) is 1.69. The van der Waals surface area contributed by atoms with Gasteiger partial charge in [0.15, 0.2) is 0 Å². The quantitative estimate of drug-likeness (QED) is 0.594. The Morgan fingerprint density at radius 1 is 1.33 bits per heavy atom. The smallest absolute Gasteiger partial charge is 0.330 e. The van der Waals surface area contributed by atoms with Gasteiger partial charge in [0.05, 0.1) is 6.61 Å². The molecule has 0 radical (unpaired) electrons. The number of para-hydroxylation sites is 1. The lowest BCUT2D eigenvalue weighted by molar-refractivity contribution is -0.137. The Morgan fingerprint density at radius 2 is 2.11 bits per heavy atom. The van der Waals surface area contributed by atoms with Crippen LogP contribution in [-0.4, -0.2) is 19.1 Å². The summed E-state index contributed by atoms with van der Waals surface area (Å²) in [6.45, 7) is 5.00. The van der Waals surface area contributed by atoms with E-state index in [-0.39, 0.29) is 5.97 Å². The van der Waals surface area contributed by atoms with Crippen LogP contribution in [0.2, 0.25) is 0 Å². The van der Waals surface area contributed by atoms with Crippen molar-refractivity contribution in [2.75, 3.05) is 18.5 Å². The first-order chi connectivity index (χ1) is 8.77. The van der Waals surface area contributed by atoms with Gasteiger partial charge in [-0.1, -0.05) is 37.6 Å². The number of anilines is 1. The van der Waals surface area contributed by atoms with Crippen LogP contribution in [0.25, 0.3) is 0 Å². The van der Waals surface area contributed by atoms with Crippen LogP contribution in [0.5, 0.6) is 0 Å². The number of nitrogens with one attached hydrogen (secondary N) is 1. The molecular formula is C15H21NO2. The minimum absolute atomic E-state index is 0.291. The van der Waals surface area contributed by atoms with Gasteiger partial charge in [0, 0.05) is 18.3 Å². The van der Waals surface area contributed by atoms with E-state index in [1.54, 1.807) is 13.0 Å². The molecule has 0 aliphatic carbocycles. The molecular weight excluding hydrogens is 226 g/mol. The van der Waals surface area contributed by atoms with E-state index in [2.05, 4.69) is 24.4 Å². The number of hydrogen-bond donors (Lipinski definition) is 1. The van der Waals surface area contributed by atoms with E-state index in [1.165, 1.54) is 11.6 Å². The van der Waals surface area contributed by atoms with Crippen LogP contribution in [-0.2, 0) is 16.0 Å². The van der Waals surface area contributed by atoms with Gasteiger partial charge in [-0.05, 0) is 25.0 Å². The van der Waals surface area contributed by atoms with Gasteiger partial charge in [-0.15, -0.1) is 0 Å². The summed E-state index contributed by atoms with van der Waals surface area (Å²) in [4.78, 5) is 11.1. The highest BCUT2D eigenvalue weighted by Crippen LogP contribution is 2.16. The molecule has 1 rings (SSSR count). The summed E-state index contributed by atoms with van der Waals surface area (Å²) in [6.07, 6.45) is 5.42. The number of aryl methyl sites for hydroxylation is 1. The summed E-state index contributed by atoms with van der Waals surface area (Å²) in [7, 11) is 0. The molecule has 3 nitrogen and oxygen atoms in total. The Balaban J connectivity index is 2.46. The number of carbonyl (C=O) groups is 1. The molecule has 0 amide bonds. The van der Waals surface area contributed by atoms with Gasteiger partial charge in [-0.25, -0.2) is 4.79 Å². The summed E-state index contributed by atoms with van der Waals surface area (Å²) in [6, 6.07) is 8.24. The molecule has 1 aromatic rings. The molecule has 3 heteroatoms.